The number of halogens is 1. The number of nitrogens with one attached hydrogen (secondary N) is 1. The highest BCUT2D eigenvalue weighted by molar-refractivity contribution is 8.01. The lowest BCUT2D eigenvalue weighted by molar-refractivity contribution is -0.106. The quantitative estimate of drug-likeness (QED) is 0.698. The fraction of sp³-hybridized carbons (Fsp3) is 0.478. The van der Waals surface area contributed by atoms with Crippen LogP contribution >= 0.6 is 11.8 Å². The van der Waals surface area contributed by atoms with Gasteiger partial charge < -0.3 is 9.72 Å². The lowest BCUT2D eigenvalue weighted by Gasteiger charge is -2.51. The van der Waals surface area contributed by atoms with Gasteiger partial charge in [0, 0.05) is 16.4 Å². The topological polar surface area (TPSA) is 28.3 Å². The molecule has 1 saturated carbocycles. The van der Waals surface area contributed by atoms with Crippen LogP contribution in [0.5, 0.6) is 0 Å². The molecule has 0 unspecified atom stereocenters. The van der Waals surface area contributed by atoms with Gasteiger partial charge in [-0.3, -0.25) is 4.90 Å². The second-order valence-corrected chi connectivity index (χ2v) is 8.91. The zero-order valence-corrected chi connectivity index (χ0v) is 17.8. The van der Waals surface area contributed by atoms with Crippen molar-refractivity contribution in [3.63, 3.8) is 0 Å². The molecule has 0 atom stereocenters. The van der Waals surface area contributed by atoms with Gasteiger partial charge in [0.15, 0.2) is 0 Å². The maximum Gasteiger partial charge on any atom is 0.123 e. The van der Waals surface area contributed by atoms with Gasteiger partial charge >= 0.3 is 0 Å². The van der Waals surface area contributed by atoms with Crippen LogP contribution in [0.4, 0.5) is 4.39 Å². The molecule has 0 radical (unpaired) electrons. The van der Waals surface area contributed by atoms with Crippen LogP contribution in [-0.2, 0) is 16.8 Å². The van der Waals surface area contributed by atoms with Gasteiger partial charge in [-0.15, -0.1) is 11.8 Å². The fourth-order valence-electron chi connectivity index (χ4n) is 5.22. The van der Waals surface area contributed by atoms with Crippen LogP contribution in [0.25, 0.3) is 10.9 Å². The number of thioether (sulfide) groups is 1. The predicted octanol–water partition coefficient (Wildman–Crippen LogP) is 5.38. The Kier molecular flexibility index (Phi) is 5.19. The van der Waals surface area contributed by atoms with Crippen molar-refractivity contribution in [2.24, 2.45) is 0 Å². The van der Waals surface area contributed by atoms with E-state index in [1.807, 2.05) is 12.1 Å². The molecule has 0 bridgehead atoms. The number of nitrogens with zero attached hydrogens (tertiary/aromatic N) is 1. The fourth-order valence-corrected chi connectivity index (χ4v) is 5.79. The Labute approximate surface area is 171 Å². The van der Waals surface area contributed by atoms with Crippen LogP contribution in [-0.4, -0.2) is 42.4 Å². The zero-order chi connectivity index (χ0) is 19.9. The summed E-state index contributed by atoms with van der Waals surface area (Å²) < 4.78 is 20.3. The van der Waals surface area contributed by atoms with Gasteiger partial charge in [-0.1, -0.05) is 12.7 Å². The van der Waals surface area contributed by atoms with E-state index >= 15 is 0 Å². The van der Waals surface area contributed by atoms with E-state index in [0.29, 0.717) is 6.61 Å². The molecule has 1 aromatic heterocycles. The Hall–Kier alpha value is -1.56. The third kappa shape index (κ3) is 2.95. The lowest BCUT2D eigenvalue weighted by atomic mass is 9.68. The van der Waals surface area contributed by atoms with Gasteiger partial charge in [0.05, 0.1) is 12.3 Å². The SMILES string of the molecule is C=C/C(=C\SC)C1(N(C)C)CCC2(CC1)OCCc1c2[nH]c2ccc(F)cc12. The third-order valence-corrected chi connectivity index (χ3v) is 7.29. The van der Waals surface area contributed by atoms with Crippen molar-refractivity contribution >= 4 is 22.7 Å². The molecule has 28 heavy (non-hydrogen) atoms. The standard InChI is InChI=1S/C23H29FN2OS/c1-5-16(15-28-4)22(26(2)3)9-11-23(12-10-22)21-18(8-13-27-23)19-14-17(24)6-7-20(19)25-21/h5-7,14-15,25H,1,8-13H2,2-4H3/b16-15+. The Balaban J connectivity index is 1.73. The first-order valence-corrected chi connectivity index (χ1v) is 11.2. The average Bonchev–Trinajstić information content (AvgIpc) is 3.06. The molecule has 1 fully saturated rings. The summed E-state index contributed by atoms with van der Waals surface area (Å²) in [5.41, 5.74) is 4.38. The number of ether oxygens (including phenoxy) is 1. The van der Waals surface area contributed by atoms with Crippen molar-refractivity contribution < 1.29 is 9.13 Å². The maximum atomic E-state index is 13.8. The first kappa shape index (κ1) is 19.7. The summed E-state index contributed by atoms with van der Waals surface area (Å²) in [6.07, 6.45) is 8.82. The molecule has 1 aliphatic heterocycles. The molecule has 1 N–H and O–H groups in total. The number of fused-ring (bicyclic) bond motifs is 4. The normalized spacial score (nSPS) is 28.1. The number of benzene rings is 1. The second kappa shape index (κ2) is 7.36. The Morgan fingerprint density at radius 2 is 2.04 bits per heavy atom. The average molecular weight is 401 g/mol. The highest BCUT2D eigenvalue weighted by atomic mass is 32.2. The van der Waals surface area contributed by atoms with Gasteiger partial charge in [-0.05, 0) is 87.2 Å². The Morgan fingerprint density at radius 1 is 1.29 bits per heavy atom. The minimum absolute atomic E-state index is 0.0187. The second-order valence-electron chi connectivity index (χ2n) is 8.20. The summed E-state index contributed by atoms with van der Waals surface area (Å²) in [7, 11) is 4.32. The molecule has 2 aliphatic rings. The highest BCUT2D eigenvalue weighted by Gasteiger charge is 2.49. The molecule has 1 aliphatic carbocycles. The molecular formula is C23H29FN2OS. The Morgan fingerprint density at radius 3 is 2.68 bits per heavy atom. The lowest BCUT2D eigenvalue weighted by Crippen LogP contribution is -2.52. The first-order chi connectivity index (χ1) is 13.5. The molecule has 2 heterocycles. The minimum atomic E-state index is -0.297. The van der Waals surface area contributed by atoms with Crippen molar-refractivity contribution in [2.75, 3.05) is 27.0 Å². The molecule has 150 valence electrons. The molecular weight excluding hydrogens is 371 g/mol. The number of hydrogen-bond donors (Lipinski definition) is 1. The highest BCUT2D eigenvalue weighted by Crippen LogP contribution is 2.51. The first-order valence-electron chi connectivity index (χ1n) is 9.94. The third-order valence-electron chi connectivity index (χ3n) is 6.80. The van der Waals surface area contributed by atoms with E-state index in [1.54, 1.807) is 17.8 Å². The van der Waals surface area contributed by atoms with E-state index in [4.69, 9.17) is 4.74 Å². The summed E-state index contributed by atoms with van der Waals surface area (Å²) in [6.45, 7) is 4.77. The number of rotatable bonds is 4. The molecule has 1 spiro atoms. The molecule has 0 amide bonds. The summed E-state index contributed by atoms with van der Waals surface area (Å²) >= 11 is 1.73. The van der Waals surface area contributed by atoms with Crippen molar-refractivity contribution in [1.82, 2.24) is 9.88 Å². The van der Waals surface area contributed by atoms with Crippen LogP contribution < -0.4 is 0 Å². The molecule has 3 nitrogen and oxygen atoms in total. The summed E-state index contributed by atoms with van der Waals surface area (Å²) in [6, 6.07) is 5.04. The predicted molar refractivity (Wildman–Crippen MR) is 116 cm³/mol. The smallest absolute Gasteiger partial charge is 0.123 e. The summed E-state index contributed by atoms with van der Waals surface area (Å²) in [5, 5.41) is 3.24. The van der Waals surface area contributed by atoms with Crippen molar-refractivity contribution in [3.8, 4) is 0 Å². The van der Waals surface area contributed by atoms with Crippen LogP contribution in [0, 0.1) is 5.82 Å². The molecule has 2 aromatic rings. The zero-order valence-electron chi connectivity index (χ0n) is 17.0. The molecule has 4 rings (SSSR count). The summed E-state index contributed by atoms with van der Waals surface area (Å²) in [4.78, 5) is 5.93. The Bertz CT molecular complexity index is 922. The minimum Gasteiger partial charge on any atom is -0.368 e. The molecule has 1 aromatic carbocycles. The van der Waals surface area contributed by atoms with E-state index in [9.17, 15) is 4.39 Å². The van der Waals surface area contributed by atoms with Crippen LogP contribution in [0.1, 0.15) is 36.9 Å². The van der Waals surface area contributed by atoms with Crippen molar-refractivity contribution in [1.29, 1.82) is 0 Å². The number of aromatic nitrogens is 1. The number of hydrogen-bond acceptors (Lipinski definition) is 3. The van der Waals surface area contributed by atoms with Crippen molar-refractivity contribution in [3.05, 3.63) is 58.9 Å². The molecule has 0 saturated heterocycles. The van der Waals surface area contributed by atoms with Gasteiger partial charge in [0.2, 0.25) is 0 Å². The van der Waals surface area contributed by atoms with Gasteiger partial charge in [-0.2, -0.15) is 0 Å². The van der Waals surface area contributed by atoms with Gasteiger partial charge in [-0.25, -0.2) is 4.39 Å². The number of H-pyrrole nitrogens is 1. The van der Waals surface area contributed by atoms with E-state index in [2.05, 4.69) is 42.2 Å². The maximum absolute atomic E-state index is 13.8. The largest absolute Gasteiger partial charge is 0.368 e. The summed E-state index contributed by atoms with van der Waals surface area (Å²) in [5.74, 6) is -0.178. The van der Waals surface area contributed by atoms with Crippen molar-refractivity contribution in [2.45, 2.75) is 43.2 Å². The number of likely N-dealkylation sites (N-methyl/N-ethyl adjacent to an activating group) is 1. The van der Waals surface area contributed by atoms with E-state index in [-0.39, 0.29) is 17.0 Å². The number of aromatic amines is 1. The van der Waals surface area contributed by atoms with Crippen LogP contribution in [0.15, 0.2) is 41.8 Å². The van der Waals surface area contributed by atoms with E-state index < -0.39 is 0 Å². The monoisotopic (exact) mass is 400 g/mol. The van der Waals surface area contributed by atoms with Gasteiger partial charge in [0.25, 0.3) is 0 Å². The molecule has 5 heteroatoms. The van der Waals surface area contributed by atoms with E-state index in [1.165, 1.54) is 22.9 Å². The van der Waals surface area contributed by atoms with Crippen LogP contribution in [0.3, 0.4) is 0 Å². The van der Waals surface area contributed by atoms with E-state index in [0.717, 1.165) is 43.0 Å². The van der Waals surface area contributed by atoms with Gasteiger partial charge in [0.1, 0.15) is 11.4 Å². The van der Waals surface area contributed by atoms with Crippen LogP contribution in [0.2, 0.25) is 0 Å².